The molecule has 1 fully saturated rings. The molecule has 5 heterocycles. The van der Waals surface area contributed by atoms with Crippen LogP contribution in [0.3, 0.4) is 0 Å². The minimum Gasteiger partial charge on any atom is -0.387 e. The van der Waals surface area contributed by atoms with Crippen molar-refractivity contribution in [1.29, 1.82) is 0 Å². The van der Waals surface area contributed by atoms with E-state index < -0.39 is 6.43 Å². The fourth-order valence-electron chi connectivity index (χ4n) is 4.40. The number of allylic oxidation sites excluding steroid dienone is 1. The molecule has 0 spiro atoms. The SMILES string of the molecule is O=C(NC1=CCNC(N2CCCC2)=C1)C1=CNC2C=CC(C3=CNCC(C(F)F)=C3)NN12. The Balaban J connectivity index is 1.26. The second-order valence-electron chi connectivity index (χ2n) is 8.27. The molecule has 0 bridgehead atoms. The molecule has 0 aromatic heterocycles. The van der Waals surface area contributed by atoms with Crippen LogP contribution >= 0.6 is 0 Å². The number of nitrogens with zero attached hydrogens (tertiary/aromatic N) is 2. The highest BCUT2D eigenvalue weighted by Crippen LogP contribution is 2.24. The third kappa shape index (κ3) is 4.10. The molecule has 10 heteroatoms. The molecule has 170 valence electrons. The van der Waals surface area contributed by atoms with Crippen LogP contribution in [0.1, 0.15) is 12.8 Å². The van der Waals surface area contributed by atoms with Crippen LogP contribution in [0.25, 0.3) is 0 Å². The van der Waals surface area contributed by atoms with Crippen LogP contribution in [0.15, 0.2) is 71.1 Å². The van der Waals surface area contributed by atoms with Gasteiger partial charge in [0.1, 0.15) is 17.7 Å². The summed E-state index contributed by atoms with van der Waals surface area (Å²) in [6, 6.07) is -0.330. The lowest BCUT2D eigenvalue weighted by Gasteiger charge is -2.35. The molecule has 2 atom stereocenters. The summed E-state index contributed by atoms with van der Waals surface area (Å²) in [5.74, 6) is 0.792. The summed E-state index contributed by atoms with van der Waals surface area (Å²) < 4.78 is 26.2. The summed E-state index contributed by atoms with van der Waals surface area (Å²) in [7, 11) is 0. The Hall–Kier alpha value is -3.27. The molecule has 0 aliphatic carbocycles. The van der Waals surface area contributed by atoms with Crippen molar-refractivity contribution in [3.63, 3.8) is 0 Å². The van der Waals surface area contributed by atoms with E-state index in [-0.39, 0.29) is 30.2 Å². The van der Waals surface area contributed by atoms with Gasteiger partial charge in [-0.2, -0.15) is 0 Å². The molecule has 1 saturated heterocycles. The lowest BCUT2D eigenvalue weighted by molar-refractivity contribution is -0.118. The number of dihydropyridines is 2. The van der Waals surface area contributed by atoms with Crippen LogP contribution < -0.4 is 26.7 Å². The summed E-state index contributed by atoms with van der Waals surface area (Å²) in [5.41, 5.74) is 5.19. The van der Waals surface area contributed by atoms with Crippen molar-refractivity contribution >= 4 is 5.91 Å². The van der Waals surface area contributed by atoms with E-state index in [9.17, 15) is 13.6 Å². The average Bonchev–Trinajstić information content (AvgIpc) is 3.49. The fourth-order valence-corrected chi connectivity index (χ4v) is 4.40. The number of alkyl halides is 2. The minimum atomic E-state index is -2.50. The standard InChI is InChI=1S/C22H27F2N7O/c23-21(24)15-9-14(11-25-12-15)17-3-4-19-27-13-18(31(19)29-17)22(32)28-16-5-6-26-20(10-16)30-7-1-2-8-30/h3-5,9-11,13,17,19,21,25-27,29H,1-2,6-8,12H2,(H,28,32). The Bertz CT molecular complexity index is 959. The molecule has 0 aromatic rings. The van der Waals surface area contributed by atoms with Crippen LogP contribution in [0.2, 0.25) is 0 Å². The first-order valence-corrected chi connectivity index (χ1v) is 10.9. The van der Waals surface area contributed by atoms with Crippen molar-refractivity contribution in [2.75, 3.05) is 26.2 Å². The maximum atomic E-state index is 13.1. The molecule has 5 aliphatic heterocycles. The zero-order chi connectivity index (χ0) is 22.1. The van der Waals surface area contributed by atoms with E-state index in [0.717, 1.165) is 24.6 Å². The van der Waals surface area contributed by atoms with Crippen molar-refractivity contribution in [1.82, 2.24) is 36.6 Å². The van der Waals surface area contributed by atoms with E-state index in [1.54, 1.807) is 17.4 Å². The normalized spacial score (nSPS) is 26.8. The molecule has 8 nitrogen and oxygen atoms in total. The molecule has 0 aromatic carbocycles. The van der Waals surface area contributed by atoms with Gasteiger partial charge in [0.2, 0.25) is 0 Å². The van der Waals surface area contributed by atoms with E-state index in [1.807, 2.05) is 24.3 Å². The van der Waals surface area contributed by atoms with Crippen LogP contribution in [0, 0.1) is 0 Å². The van der Waals surface area contributed by atoms with Crippen LogP contribution in [-0.4, -0.2) is 60.6 Å². The van der Waals surface area contributed by atoms with E-state index >= 15 is 0 Å². The topological polar surface area (TPSA) is 83.7 Å². The Labute approximate surface area is 185 Å². The number of hydrogen-bond donors (Lipinski definition) is 5. The smallest absolute Gasteiger partial charge is 0.274 e. The van der Waals surface area contributed by atoms with Gasteiger partial charge in [0, 0.05) is 55.9 Å². The van der Waals surface area contributed by atoms with Gasteiger partial charge in [0.25, 0.3) is 12.3 Å². The summed E-state index contributed by atoms with van der Waals surface area (Å²) in [5, 5.41) is 14.1. The van der Waals surface area contributed by atoms with Gasteiger partial charge in [0.05, 0.1) is 6.04 Å². The highest BCUT2D eigenvalue weighted by atomic mass is 19.3. The Kier molecular flexibility index (Phi) is 5.60. The van der Waals surface area contributed by atoms with Crippen molar-refractivity contribution in [3.8, 4) is 0 Å². The van der Waals surface area contributed by atoms with Gasteiger partial charge in [-0.05, 0) is 36.6 Å². The molecule has 2 unspecified atom stereocenters. The molecule has 5 aliphatic rings. The monoisotopic (exact) mass is 443 g/mol. The average molecular weight is 444 g/mol. The number of rotatable bonds is 5. The lowest BCUT2D eigenvalue weighted by Crippen LogP contribution is -2.54. The number of nitrogens with one attached hydrogen (secondary N) is 5. The predicted molar refractivity (Wildman–Crippen MR) is 116 cm³/mol. The van der Waals surface area contributed by atoms with Gasteiger partial charge in [-0.25, -0.2) is 14.2 Å². The molecule has 5 N–H and O–H groups in total. The van der Waals surface area contributed by atoms with Gasteiger partial charge < -0.3 is 26.2 Å². The number of hydrazine groups is 1. The van der Waals surface area contributed by atoms with E-state index in [2.05, 4.69) is 31.6 Å². The van der Waals surface area contributed by atoms with Crippen molar-refractivity contribution in [3.05, 3.63) is 71.1 Å². The van der Waals surface area contributed by atoms with Crippen molar-refractivity contribution in [2.24, 2.45) is 0 Å². The van der Waals surface area contributed by atoms with Gasteiger partial charge >= 0.3 is 0 Å². The Morgan fingerprint density at radius 1 is 1.16 bits per heavy atom. The zero-order valence-corrected chi connectivity index (χ0v) is 17.6. The zero-order valence-electron chi connectivity index (χ0n) is 17.6. The molecule has 5 rings (SSSR count). The number of hydrogen-bond acceptors (Lipinski definition) is 7. The number of carbonyl (C=O) groups excluding carboxylic acids is 1. The van der Waals surface area contributed by atoms with E-state index in [4.69, 9.17) is 0 Å². The second-order valence-corrected chi connectivity index (χ2v) is 8.27. The van der Waals surface area contributed by atoms with Gasteiger partial charge in [-0.15, -0.1) is 0 Å². The predicted octanol–water partition coefficient (Wildman–Crippen LogP) is 0.721. The number of carbonyl (C=O) groups is 1. The van der Waals surface area contributed by atoms with Crippen LogP contribution in [0.4, 0.5) is 8.78 Å². The molecule has 32 heavy (non-hydrogen) atoms. The maximum Gasteiger partial charge on any atom is 0.274 e. The summed E-state index contributed by atoms with van der Waals surface area (Å²) in [6.07, 6.45) is 12.3. The van der Waals surface area contributed by atoms with Crippen LogP contribution in [-0.2, 0) is 4.79 Å². The second kappa shape index (κ2) is 8.70. The van der Waals surface area contributed by atoms with E-state index in [0.29, 0.717) is 17.8 Å². The number of halogens is 2. The molecule has 0 radical (unpaired) electrons. The van der Waals surface area contributed by atoms with Crippen LogP contribution in [0.5, 0.6) is 0 Å². The van der Waals surface area contributed by atoms with Gasteiger partial charge in [-0.1, -0.05) is 6.08 Å². The minimum absolute atomic E-state index is 0.0475. The summed E-state index contributed by atoms with van der Waals surface area (Å²) in [6.45, 7) is 2.84. The fraction of sp³-hybridized carbons (Fsp3) is 0.409. The van der Waals surface area contributed by atoms with Gasteiger partial charge in [0.15, 0.2) is 0 Å². The van der Waals surface area contributed by atoms with Gasteiger partial charge in [-0.3, -0.25) is 9.80 Å². The summed E-state index contributed by atoms with van der Waals surface area (Å²) >= 11 is 0. The highest BCUT2D eigenvalue weighted by molar-refractivity contribution is 5.94. The number of fused-ring (bicyclic) bond motifs is 1. The first-order valence-electron chi connectivity index (χ1n) is 10.9. The van der Waals surface area contributed by atoms with Crippen molar-refractivity contribution in [2.45, 2.75) is 31.5 Å². The number of amides is 1. The molecular formula is C22H27F2N7O. The Morgan fingerprint density at radius 3 is 2.81 bits per heavy atom. The first-order chi connectivity index (χ1) is 15.6. The Morgan fingerprint density at radius 2 is 2.00 bits per heavy atom. The van der Waals surface area contributed by atoms with E-state index in [1.165, 1.54) is 18.9 Å². The first kappa shape index (κ1) is 20.6. The third-order valence-electron chi connectivity index (χ3n) is 6.09. The molecular weight excluding hydrogens is 416 g/mol. The molecule has 0 saturated carbocycles. The maximum absolute atomic E-state index is 13.1. The molecule has 1 amide bonds. The number of likely N-dealkylation sites (tertiary alicyclic amines) is 1. The highest BCUT2D eigenvalue weighted by Gasteiger charge is 2.34. The lowest BCUT2D eigenvalue weighted by atomic mass is 10.0. The third-order valence-corrected chi connectivity index (χ3v) is 6.09. The largest absolute Gasteiger partial charge is 0.387 e. The quantitative estimate of drug-likeness (QED) is 0.401. The summed E-state index contributed by atoms with van der Waals surface area (Å²) in [4.78, 5) is 15.3. The van der Waals surface area contributed by atoms with Crippen molar-refractivity contribution < 1.29 is 13.6 Å².